The highest BCUT2D eigenvalue weighted by atomic mass is 15.2. The molecule has 0 atom stereocenters. The fourth-order valence-corrected chi connectivity index (χ4v) is 2.78. The van der Waals surface area contributed by atoms with Crippen molar-refractivity contribution in [1.82, 2.24) is 15.3 Å². The summed E-state index contributed by atoms with van der Waals surface area (Å²) in [4.78, 5) is 15.5. The lowest BCUT2D eigenvalue weighted by Gasteiger charge is -2.16. The third kappa shape index (κ3) is 4.68. The van der Waals surface area contributed by atoms with Crippen LogP contribution in [-0.4, -0.2) is 35.6 Å². The minimum Gasteiger partial charge on any atom is -0.370 e. The number of aliphatic imine (C=N–C) groups is 1. The van der Waals surface area contributed by atoms with E-state index in [4.69, 9.17) is 5.73 Å². The van der Waals surface area contributed by atoms with Gasteiger partial charge in [-0.25, -0.2) is 9.98 Å². The second-order valence-electron chi connectivity index (χ2n) is 5.92. The molecule has 126 valence electrons. The first-order valence-electron chi connectivity index (χ1n) is 8.45. The minimum absolute atomic E-state index is 0.463. The van der Waals surface area contributed by atoms with Gasteiger partial charge in [-0.1, -0.05) is 6.07 Å². The van der Waals surface area contributed by atoms with Crippen LogP contribution in [0.1, 0.15) is 24.1 Å². The molecule has 24 heavy (non-hydrogen) atoms. The lowest BCUT2D eigenvalue weighted by Crippen LogP contribution is -2.33. The SMILES string of the molecule is NC(=NCc1ccnc(N2CCCC2)c1)NCCc1ccccn1. The molecular formula is C18H24N6. The van der Waals surface area contributed by atoms with E-state index in [0.717, 1.165) is 43.1 Å². The second kappa shape index (κ2) is 8.29. The van der Waals surface area contributed by atoms with Gasteiger partial charge < -0.3 is 16.0 Å². The standard InChI is InChI=1S/C18H24N6/c19-18(22-10-7-16-5-1-2-8-20-16)23-14-15-6-9-21-17(13-15)24-11-3-4-12-24/h1-2,5-6,8-9,13H,3-4,7,10-12,14H2,(H3,19,22,23). The first-order valence-corrected chi connectivity index (χ1v) is 8.45. The molecule has 1 aliphatic heterocycles. The third-order valence-corrected chi connectivity index (χ3v) is 4.09. The summed E-state index contributed by atoms with van der Waals surface area (Å²) >= 11 is 0. The topological polar surface area (TPSA) is 79.4 Å². The fourth-order valence-electron chi connectivity index (χ4n) is 2.78. The number of hydrogen-bond donors (Lipinski definition) is 2. The maximum absolute atomic E-state index is 5.94. The first-order chi connectivity index (χ1) is 11.8. The predicted octanol–water partition coefficient (Wildman–Crippen LogP) is 1.72. The summed E-state index contributed by atoms with van der Waals surface area (Å²) in [5.41, 5.74) is 8.11. The van der Waals surface area contributed by atoms with E-state index in [-0.39, 0.29) is 0 Å². The summed E-state index contributed by atoms with van der Waals surface area (Å²) in [6, 6.07) is 10.0. The van der Waals surface area contributed by atoms with Crippen molar-refractivity contribution in [2.45, 2.75) is 25.8 Å². The average molecular weight is 324 g/mol. The predicted molar refractivity (Wildman–Crippen MR) is 97.0 cm³/mol. The molecule has 0 amide bonds. The van der Waals surface area contributed by atoms with Gasteiger partial charge in [-0.05, 0) is 42.7 Å². The van der Waals surface area contributed by atoms with Crippen LogP contribution >= 0.6 is 0 Å². The Labute approximate surface area is 142 Å². The van der Waals surface area contributed by atoms with Crippen molar-refractivity contribution in [3.05, 3.63) is 54.0 Å². The van der Waals surface area contributed by atoms with Crippen molar-refractivity contribution in [2.24, 2.45) is 10.7 Å². The van der Waals surface area contributed by atoms with Gasteiger partial charge in [-0.15, -0.1) is 0 Å². The maximum atomic E-state index is 5.94. The van der Waals surface area contributed by atoms with Gasteiger partial charge in [0.15, 0.2) is 5.96 Å². The highest BCUT2D eigenvalue weighted by Gasteiger charge is 2.13. The Morgan fingerprint density at radius 3 is 2.83 bits per heavy atom. The molecule has 6 heteroatoms. The molecule has 0 aliphatic carbocycles. The summed E-state index contributed by atoms with van der Waals surface area (Å²) in [6.45, 7) is 3.47. The van der Waals surface area contributed by atoms with Gasteiger partial charge in [-0.3, -0.25) is 4.98 Å². The van der Waals surface area contributed by atoms with Crippen LogP contribution in [0, 0.1) is 0 Å². The van der Waals surface area contributed by atoms with Crippen LogP contribution in [0.2, 0.25) is 0 Å². The van der Waals surface area contributed by atoms with Crippen LogP contribution in [0.3, 0.4) is 0 Å². The number of rotatable bonds is 6. The third-order valence-electron chi connectivity index (χ3n) is 4.09. The van der Waals surface area contributed by atoms with E-state index in [0.29, 0.717) is 12.5 Å². The van der Waals surface area contributed by atoms with Crippen molar-refractivity contribution in [2.75, 3.05) is 24.5 Å². The number of pyridine rings is 2. The summed E-state index contributed by atoms with van der Waals surface area (Å²) in [5, 5.41) is 3.13. The smallest absolute Gasteiger partial charge is 0.188 e. The number of aromatic nitrogens is 2. The highest BCUT2D eigenvalue weighted by Crippen LogP contribution is 2.18. The van der Waals surface area contributed by atoms with Crippen molar-refractivity contribution < 1.29 is 0 Å². The highest BCUT2D eigenvalue weighted by molar-refractivity contribution is 5.77. The largest absolute Gasteiger partial charge is 0.370 e. The number of nitrogens with one attached hydrogen (secondary N) is 1. The quantitative estimate of drug-likeness (QED) is 0.625. The molecule has 0 unspecified atom stereocenters. The van der Waals surface area contributed by atoms with E-state index < -0.39 is 0 Å². The van der Waals surface area contributed by atoms with Gasteiger partial charge in [0.2, 0.25) is 0 Å². The van der Waals surface area contributed by atoms with Gasteiger partial charge in [0.1, 0.15) is 5.82 Å². The van der Waals surface area contributed by atoms with E-state index in [1.807, 2.05) is 30.5 Å². The fraction of sp³-hybridized carbons (Fsp3) is 0.389. The van der Waals surface area contributed by atoms with Crippen LogP contribution in [0.25, 0.3) is 0 Å². The maximum Gasteiger partial charge on any atom is 0.188 e. The van der Waals surface area contributed by atoms with E-state index in [1.54, 1.807) is 6.20 Å². The van der Waals surface area contributed by atoms with Gasteiger partial charge in [0.05, 0.1) is 6.54 Å². The van der Waals surface area contributed by atoms with Crippen LogP contribution in [-0.2, 0) is 13.0 Å². The van der Waals surface area contributed by atoms with E-state index in [1.165, 1.54) is 12.8 Å². The molecule has 2 aromatic heterocycles. The van der Waals surface area contributed by atoms with Crippen molar-refractivity contribution in [3.63, 3.8) is 0 Å². The Bertz CT molecular complexity index is 664. The zero-order chi connectivity index (χ0) is 16.6. The molecule has 0 aromatic carbocycles. The lowest BCUT2D eigenvalue weighted by molar-refractivity contribution is 0.827. The number of guanidine groups is 1. The van der Waals surface area contributed by atoms with E-state index in [2.05, 4.69) is 31.2 Å². The normalized spacial score (nSPS) is 14.8. The van der Waals surface area contributed by atoms with Gasteiger partial charge in [0.25, 0.3) is 0 Å². The molecule has 3 N–H and O–H groups in total. The average Bonchev–Trinajstić information content (AvgIpc) is 3.16. The number of anilines is 1. The molecule has 2 aromatic rings. The molecule has 1 aliphatic rings. The van der Waals surface area contributed by atoms with E-state index in [9.17, 15) is 0 Å². The van der Waals surface area contributed by atoms with Gasteiger partial charge >= 0.3 is 0 Å². The van der Waals surface area contributed by atoms with Crippen LogP contribution in [0.4, 0.5) is 5.82 Å². The number of nitrogens with two attached hydrogens (primary N) is 1. The van der Waals surface area contributed by atoms with Crippen molar-refractivity contribution >= 4 is 11.8 Å². The molecule has 0 radical (unpaired) electrons. The Balaban J connectivity index is 1.48. The van der Waals surface area contributed by atoms with Crippen LogP contribution in [0.5, 0.6) is 0 Å². The summed E-state index contributed by atoms with van der Waals surface area (Å²) in [5.74, 6) is 1.51. The molecule has 3 rings (SSSR count). The Morgan fingerprint density at radius 1 is 1.17 bits per heavy atom. The van der Waals surface area contributed by atoms with Crippen molar-refractivity contribution in [1.29, 1.82) is 0 Å². The molecule has 3 heterocycles. The van der Waals surface area contributed by atoms with Crippen molar-refractivity contribution in [3.8, 4) is 0 Å². The van der Waals surface area contributed by atoms with E-state index >= 15 is 0 Å². The second-order valence-corrected chi connectivity index (χ2v) is 5.92. The zero-order valence-corrected chi connectivity index (χ0v) is 13.9. The molecule has 0 spiro atoms. The molecule has 0 saturated carbocycles. The van der Waals surface area contributed by atoms with Crippen LogP contribution in [0.15, 0.2) is 47.7 Å². The molecule has 6 nitrogen and oxygen atoms in total. The Kier molecular flexibility index (Phi) is 5.61. The molecular weight excluding hydrogens is 300 g/mol. The Hall–Kier alpha value is -2.63. The Morgan fingerprint density at radius 2 is 2.04 bits per heavy atom. The monoisotopic (exact) mass is 324 g/mol. The minimum atomic E-state index is 0.463. The summed E-state index contributed by atoms with van der Waals surface area (Å²) < 4.78 is 0. The summed E-state index contributed by atoms with van der Waals surface area (Å²) in [6.07, 6.45) is 6.97. The van der Waals surface area contributed by atoms with Gasteiger partial charge in [0, 0.05) is 44.1 Å². The lowest BCUT2D eigenvalue weighted by atomic mass is 10.2. The molecule has 1 fully saturated rings. The number of hydrogen-bond acceptors (Lipinski definition) is 4. The zero-order valence-electron chi connectivity index (χ0n) is 13.9. The van der Waals surface area contributed by atoms with Gasteiger partial charge in [-0.2, -0.15) is 0 Å². The number of nitrogens with zero attached hydrogens (tertiary/aromatic N) is 4. The molecule has 0 bridgehead atoms. The molecule has 1 saturated heterocycles. The van der Waals surface area contributed by atoms with Crippen LogP contribution < -0.4 is 16.0 Å². The first kappa shape index (κ1) is 16.2. The summed E-state index contributed by atoms with van der Waals surface area (Å²) in [7, 11) is 0.